The number of aromatic nitrogens is 1. The molecular weight excluding hydrogens is 315 g/mol. The van der Waals surface area contributed by atoms with E-state index in [9.17, 15) is 26.7 Å². The molecule has 1 heterocycles. The van der Waals surface area contributed by atoms with Crippen molar-refractivity contribution in [2.24, 2.45) is 5.73 Å². The van der Waals surface area contributed by atoms with Crippen molar-refractivity contribution in [3.05, 3.63) is 22.9 Å². The third-order valence-corrected chi connectivity index (χ3v) is 2.47. The fraction of sp³-hybridized carbons (Fsp3) is 0.500. The van der Waals surface area contributed by atoms with E-state index in [1.807, 2.05) is 0 Å². The maximum absolute atomic E-state index is 12.8. The Bertz CT molecular complexity index is 534. The molecule has 0 amide bonds. The molecule has 5 nitrogen and oxygen atoms in total. The van der Waals surface area contributed by atoms with Crippen LogP contribution in [0.2, 0.25) is 0 Å². The number of hydrogen-bond acceptors (Lipinski definition) is 5. The van der Waals surface area contributed by atoms with Crippen molar-refractivity contribution >= 4 is 5.97 Å². The molecule has 2 N–H and O–H groups in total. The van der Waals surface area contributed by atoms with Crippen molar-refractivity contribution in [1.82, 2.24) is 4.98 Å². The lowest BCUT2D eigenvalue weighted by Gasteiger charge is -2.15. The Hall–Kier alpha value is -1.97. The van der Waals surface area contributed by atoms with Crippen LogP contribution in [0, 0.1) is 0 Å². The van der Waals surface area contributed by atoms with Gasteiger partial charge in [-0.1, -0.05) is 0 Å². The molecule has 0 fully saturated rings. The molecule has 22 heavy (non-hydrogen) atoms. The van der Waals surface area contributed by atoms with E-state index in [-0.39, 0.29) is 24.4 Å². The van der Waals surface area contributed by atoms with Crippen LogP contribution in [-0.2, 0) is 22.5 Å². The van der Waals surface area contributed by atoms with Crippen LogP contribution < -0.4 is 10.5 Å². The molecule has 0 aliphatic carbocycles. The van der Waals surface area contributed by atoms with Crippen LogP contribution in [0.3, 0.4) is 0 Å². The Kier molecular flexibility index (Phi) is 6.03. The minimum atomic E-state index is -5.19. The first kappa shape index (κ1) is 18.1. The summed E-state index contributed by atoms with van der Waals surface area (Å²) in [5, 5.41) is 0. The number of esters is 1. The van der Waals surface area contributed by atoms with E-state index in [2.05, 4.69) is 14.5 Å². The molecule has 0 aliphatic heterocycles. The number of carbonyl (C=O) groups is 1. The van der Waals surface area contributed by atoms with Crippen LogP contribution in [0.4, 0.5) is 22.0 Å². The van der Waals surface area contributed by atoms with Gasteiger partial charge in [-0.2, -0.15) is 0 Å². The third kappa shape index (κ3) is 5.10. The number of nitrogens with zero attached hydrogens (tertiary/aromatic N) is 1. The molecule has 0 aromatic carbocycles. The highest BCUT2D eigenvalue weighted by Crippen LogP contribution is 2.33. The van der Waals surface area contributed by atoms with Gasteiger partial charge in [-0.3, -0.25) is 4.79 Å². The standard InChI is InChI=1S/C12H13F5N2O3/c1-2-21-9(20)4-8-6(5-18)3-7(10(13)14)11(19-8)22-12(15,16)17/h3,10H,2,4-5,18H2,1H3. The molecule has 0 unspecified atom stereocenters. The Morgan fingerprint density at radius 2 is 2.05 bits per heavy atom. The van der Waals surface area contributed by atoms with Gasteiger partial charge in [-0.15, -0.1) is 13.2 Å². The van der Waals surface area contributed by atoms with Crippen molar-refractivity contribution in [2.75, 3.05) is 6.61 Å². The van der Waals surface area contributed by atoms with E-state index in [1.165, 1.54) is 6.92 Å². The van der Waals surface area contributed by atoms with Crippen molar-refractivity contribution in [3.8, 4) is 5.88 Å². The molecular formula is C12H13F5N2O3. The summed E-state index contributed by atoms with van der Waals surface area (Å²) >= 11 is 0. The molecule has 124 valence electrons. The lowest BCUT2D eigenvalue weighted by molar-refractivity contribution is -0.276. The summed E-state index contributed by atoms with van der Waals surface area (Å²) in [5.41, 5.74) is 4.10. The summed E-state index contributed by atoms with van der Waals surface area (Å²) in [6.45, 7) is 1.30. The molecule has 1 aromatic heterocycles. The molecule has 0 radical (unpaired) electrons. The Morgan fingerprint density at radius 1 is 1.41 bits per heavy atom. The maximum atomic E-state index is 12.8. The highest BCUT2D eigenvalue weighted by atomic mass is 19.4. The van der Waals surface area contributed by atoms with Gasteiger partial charge in [0.15, 0.2) is 0 Å². The highest BCUT2D eigenvalue weighted by Gasteiger charge is 2.35. The second-order valence-corrected chi connectivity index (χ2v) is 4.02. The molecule has 0 aliphatic rings. The molecule has 0 saturated heterocycles. The summed E-state index contributed by atoms with van der Waals surface area (Å²) < 4.78 is 70.5. The SMILES string of the molecule is CCOC(=O)Cc1nc(OC(F)(F)F)c(C(F)F)cc1CN. The average molecular weight is 328 g/mol. The maximum Gasteiger partial charge on any atom is 0.574 e. The monoisotopic (exact) mass is 328 g/mol. The number of rotatable bonds is 6. The van der Waals surface area contributed by atoms with Crippen LogP contribution in [0.15, 0.2) is 6.07 Å². The largest absolute Gasteiger partial charge is 0.574 e. The van der Waals surface area contributed by atoms with Crippen LogP contribution >= 0.6 is 0 Å². The number of ether oxygens (including phenoxy) is 2. The van der Waals surface area contributed by atoms with Gasteiger partial charge < -0.3 is 15.2 Å². The zero-order valence-electron chi connectivity index (χ0n) is 11.4. The zero-order chi connectivity index (χ0) is 16.9. The lowest BCUT2D eigenvalue weighted by atomic mass is 10.1. The normalized spacial score (nSPS) is 11.6. The van der Waals surface area contributed by atoms with Gasteiger partial charge in [0.1, 0.15) is 0 Å². The number of hydrogen-bond donors (Lipinski definition) is 1. The molecule has 0 spiro atoms. The van der Waals surface area contributed by atoms with Crippen molar-refractivity contribution in [2.45, 2.75) is 32.7 Å². The highest BCUT2D eigenvalue weighted by molar-refractivity contribution is 5.72. The first-order chi connectivity index (χ1) is 10.2. The van der Waals surface area contributed by atoms with E-state index >= 15 is 0 Å². The first-order valence-electron chi connectivity index (χ1n) is 6.10. The second kappa shape index (κ2) is 7.34. The third-order valence-electron chi connectivity index (χ3n) is 2.47. The summed E-state index contributed by atoms with van der Waals surface area (Å²) in [4.78, 5) is 14.8. The van der Waals surface area contributed by atoms with Crippen molar-refractivity contribution in [1.29, 1.82) is 0 Å². The summed E-state index contributed by atoms with van der Waals surface area (Å²) in [7, 11) is 0. The van der Waals surface area contributed by atoms with E-state index in [1.54, 1.807) is 0 Å². The first-order valence-corrected chi connectivity index (χ1v) is 6.10. The fourth-order valence-corrected chi connectivity index (χ4v) is 1.62. The quantitative estimate of drug-likeness (QED) is 0.641. The summed E-state index contributed by atoms with van der Waals surface area (Å²) in [6, 6.07) is 0.743. The molecule has 1 aromatic rings. The minimum Gasteiger partial charge on any atom is -0.466 e. The predicted molar refractivity (Wildman–Crippen MR) is 64.1 cm³/mol. The van der Waals surface area contributed by atoms with Crippen LogP contribution in [-0.4, -0.2) is 23.9 Å². The lowest BCUT2D eigenvalue weighted by Crippen LogP contribution is -2.21. The Balaban J connectivity index is 3.26. The summed E-state index contributed by atoms with van der Waals surface area (Å²) in [5.74, 6) is -2.08. The van der Waals surface area contributed by atoms with E-state index in [4.69, 9.17) is 5.73 Å². The van der Waals surface area contributed by atoms with Gasteiger partial charge in [-0.05, 0) is 18.6 Å². The molecule has 0 bridgehead atoms. The van der Waals surface area contributed by atoms with Crippen LogP contribution in [0.5, 0.6) is 5.88 Å². The number of pyridine rings is 1. The smallest absolute Gasteiger partial charge is 0.466 e. The molecule has 0 saturated carbocycles. The van der Waals surface area contributed by atoms with Gasteiger partial charge in [0, 0.05) is 6.54 Å². The van der Waals surface area contributed by atoms with Gasteiger partial charge in [0.25, 0.3) is 6.43 Å². The van der Waals surface area contributed by atoms with E-state index < -0.39 is 36.6 Å². The number of carbonyl (C=O) groups excluding carboxylic acids is 1. The van der Waals surface area contributed by atoms with Crippen molar-refractivity contribution in [3.63, 3.8) is 0 Å². The van der Waals surface area contributed by atoms with Gasteiger partial charge in [0.05, 0.1) is 24.3 Å². The van der Waals surface area contributed by atoms with E-state index in [0.29, 0.717) is 0 Å². The summed E-state index contributed by atoms with van der Waals surface area (Å²) in [6.07, 6.45) is -8.94. The van der Waals surface area contributed by atoms with E-state index in [0.717, 1.165) is 6.07 Å². The molecule has 0 atom stereocenters. The Labute approximate surface area is 122 Å². The number of halogens is 5. The number of alkyl halides is 5. The van der Waals surface area contributed by atoms with Crippen LogP contribution in [0.25, 0.3) is 0 Å². The zero-order valence-corrected chi connectivity index (χ0v) is 11.4. The second-order valence-electron chi connectivity index (χ2n) is 4.02. The number of nitrogens with two attached hydrogens (primary N) is 1. The van der Waals surface area contributed by atoms with Crippen molar-refractivity contribution < 1.29 is 36.2 Å². The fourth-order valence-electron chi connectivity index (χ4n) is 1.62. The minimum absolute atomic E-state index is 0.0119. The topological polar surface area (TPSA) is 74.4 Å². The predicted octanol–water partition coefficient (Wildman–Crippen LogP) is 2.48. The van der Waals surface area contributed by atoms with Gasteiger partial charge >= 0.3 is 12.3 Å². The van der Waals surface area contributed by atoms with Gasteiger partial charge in [0.2, 0.25) is 5.88 Å². The molecule has 10 heteroatoms. The average Bonchev–Trinajstić information content (AvgIpc) is 2.36. The molecule has 1 rings (SSSR count). The Morgan fingerprint density at radius 3 is 2.50 bits per heavy atom. The van der Waals surface area contributed by atoms with Gasteiger partial charge in [-0.25, -0.2) is 13.8 Å². The van der Waals surface area contributed by atoms with Crippen LogP contribution in [0.1, 0.15) is 30.2 Å².